The Morgan fingerprint density at radius 3 is 2.50 bits per heavy atom. The molecule has 0 atom stereocenters. The van der Waals surface area contributed by atoms with Crippen molar-refractivity contribution >= 4 is 32.7 Å². The van der Waals surface area contributed by atoms with Crippen LogP contribution >= 0.6 is 11.6 Å². The molecule has 0 unspecified atom stereocenters. The van der Waals surface area contributed by atoms with Gasteiger partial charge in [-0.3, -0.25) is 0 Å². The molecule has 0 saturated heterocycles. The fourth-order valence-corrected chi connectivity index (χ4v) is 5.04. The van der Waals surface area contributed by atoms with Crippen molar-refractivity contribution in [2.24, 2.45) is 0 Å². The van der Waals surface area contributed by atoms with E-state index >= 15 is 0 Å². The minimum absolute atomic E-state index is 0.231. The largest absolute Gasteiger partial charge is 0.269 e. The first-order valence-electron chi connectivity index (χ1n) is 7.91. The molecule has 0 radical (unpaired) electrons. The van der Waals surface area contributed by atoms with Crippen LogP contribution in [0.1, 0.15) is 37.2 Å². The van der Waals surface area contributed by atoms with Gasteiger partial charge in [-0.1, -0.05) is 42.6 Å². The van der Waals surface area contributed by atoms with E-state index in [1.165, 1.54) is 10.3 Å². The van der Waals surface area contributed by atoms with E-state index in [9.17, 15) is 8.42 Å². The smallest absolute Gasteiger partial charge is 0.224 e. The van der Waals surface area contributed by atoms with Crippen molar-refractivity contribution in [1.29, 1.82) is 0 Å². The highest BCUT2D eigenvalue weighted by Crippen LogP contribution is 2.40. The van der Waals surface area contributed by atoms with E-state index in [-0.39, 0.29) is 4.90 Å². The van der Waals surface area contributed by atoms with Gasteiger partial charge >= 0.3 is 0 Å². The van der Waals surface area contributed by atoms with E-state index < -0.39 is 10.0 Å². The van der Waals surface area contributed by atoms with Gasteiger partial charge in [0, 0.05) is 6.20 Å². The zero-order valence-electron chi connectivity index (χ0n) is 12.9. The summed E-state index contributed by atoms with van der Waals surface area (Å²) in [5, 5.41) is 0.967. The van der Waals surface area contributed by atoms with Crippen molar-refractivity contribution in [3.05, 3.63) is 53.6 Å². The van der Waals surface area contributed by atoms with Gasteiger partial charge in [-0.25, -0.2) is 22.4 Å². The summed E-state index contributed by atoms with van der Waals surface area (Å²) in [4.78, 5) is 8.50. The molecule has 0 aliphatic heterocycles. The van der Waals surface area contributed by atoms with Crippen molar-refractivity contribution in [3.8, 4) is 0 Å². The predicted molar refractivity (Wildman–Crippen MR) is 92.8 cm³/mol. The molecule has 1 aromatic carbocycles. The normalized spacial score (nSPS) is 16.0. The molecule has 0 bridgehead atoms. The Kier molecular flexibility index (Phi) is 3.81. The van der Waals surface area contributed by atoms with Gasteiger partial charge in [-0.2, -0.15) is 0 Å². The Bertz CT molecular complexity index is 993. The predicted octanol–water partition coefficient (Wildman–Crippen LogP) is 3.98. The van der Waals surface area contributed by atoms with Crippen LogP contribution in [0.25, 0.3) is 11.0 Å². The number of fused-ring (bicyclic) bond motifs is 1. The maximum atomic E-state index is 13.0. The van der Waals surface area contributed by atoms with Crippen molar-refractivity contribution in [1.82, 2.24) is 13.9 Å². The van der Waals surface area contributed by atoms with E-state index in [1.807, 2.05) is 0 Å². The van der Waals surface area contributed by atoms with E-state index in [0.717, 1.165) is 31.2 Å². The zero-order chi connectivity index (χ0) is 16.7. The lowest BCUT2D eigenvalue weighted by atomic mass is 9.99. The highest BCUT2D eigenvalue weighted by Gasteiger charge is 2.28. The average molecular weight is 362 g/mol. The Balaban J connectivity index is 1.98. The second-order valence-electron chi connectivity index (χ2n) is 6.04. The molecule has 5 nitrogen and oxygen atoms in total. The van der Waals surface area contributed by atoms with E-state index in [0.29, 0.717) is 22.1 Å². The minimum Gasteiger partial charge on any atom is -0.224 e. The maximum absolute atomic E-state index is 13.0. The highest BCUT2D eigenvalue weighted by atomic mass is 35.5. The molecule has 0 spiro atoms. The topological polar surface area (TPSA) is 64.8 Å². The average Bonchev–Trinajstić information content (AvgIpc) is 3.23. The van der Waals surface area contributed by atoms with Gasteiger partial charge in [0.15, 0.2) is 5.65 Å². The fourth-order valence-electron chi connectivity index (χ4n) is 3.46. The summed E-state index contributed by atoms with van der Waals surface area (Å²) < 4.78 is 27.3. The third-order valence-corrected chi connectivity index (χ3v) is 6.58. The van der Waals surface area contributed by atoms with Crippen LogP contribution in [0.15, 0.2) is 47.8 Å². The van der Waals surface area contributed by atoms with Crippen molar-refractivity contribution in [2.45, 2.75) is 36.5 Å². The number of nitrogens with zero attached hydrogens (tertiary/aromatic N) is 3. The van der Waals surface area contributed by atoms with Gasteiger partial charge in [-0.05, 0) is 36.5 Å². The number of aromatic nitrogens is 3. The van der Waals surface area contributed by atoms with Crippen LogP contribution in [0.3, 0.4) is 0 Å². The minimum atomic E-state index is -3.72. The van der Waals surface area contributed by atoms with Crippen molar-refractivity contribution in [3.63, 3.8) is 0 Å². The molecule has 3 aromatic rings. The van der Waals surface area contributed by atoms with Crippen LogP contribution in [0.2, 0.25) is 5.15 Å². The van der Waals surface area contributed by atoms with E-state index in [2.05, 4.69) is 9.97 Å². The molecule has 0 amide bonds. The summed E-state index contributed by atoms with van der Waals surface area (Å²) in [6, 6.07) is 8.37. The second kappa shape index (κ2) is 5.86. The van der Waals surface area contributed by atoms with Crippen LogP contribution in [0.4, 0.5) is 0 Å². The van der Waals surface area contributed by atoms with Gasteiger partial charge in [0.2, 0.25) is 0 Å². The number of halogens is 1. The van der Waals surface area contributed by atoms with E-state index in [4.69, 9.17) is 11.6 Å². The molecule has 1 aliphatic rings. The van der Waals surface area contributed by atoms with E-state index in [1.54, 1.807) is 36.5 Å². The number of hydrogen-bond acceptors (Lipinski definition) is 4. The summed E-state index contributed by atoms with van der Waals surface area (Å²) in [7, 11) is -3.72. The first-order valence-corrected chi connectivity index (χ1v) is 9.73. The molecule has 7 heteroatoms. The van der Waals surface area contributed by atoms with Crippen molar-refractivity contribution in [2.75, 3.05) is 0 Å². The first kappa shape index (κ1) is 15.6. The van der Waals surface area contributed by atoms with Gasteiger partial charge in [0.25, 0.3) is 10.0 Å². The van der Waals surface area contributed by atoms with Crippen LogP contribution in [0, 0.1) is 0 Å². The molecule has 124 valence electrons. The van der Waals surface area contributed by atoms with Crippen LogP contribution in [0.5, 0.6) is 0 Å². The summed E-state index contributed by atoms with van der Waals surface area (Å²) in [6.45, 7) is 0. The summed E-state index contributed by atoms with van der Waals surface area (Å²) in [6.07, 6.45) is 7.36. The van der Waals surface area contributed by atoms with Crippen LogP contribution in [-0.4, -0.2) is 22.4 Å². The molecule has 24 heavy (non-hydrogen) atoms. The molecule has 0 N–H and O–H groups in total. The fraction of sp³-hybridized carbons (Fsp3) is 0.294. The van der Waals surface area contributed by atoms with Gasteiger partial charge in [0.1, 0.15) is 11.5 Å². The lowest BCUT2D eigenvalue weighted by molar-refractivity contribution is 0.588. The van der Waals surface area contributed by atoms with Gasteiger partial charge in [-0.15, -0.1) is 0 Å². The Labute approximate surface area is 145 Å². The molecule has 2 heterocycles. The lowest BCUT2D eigenvalue weighted by Gasteiger charge is -2.07. The van der Waals surface area contributed by atoms with Crippen molar-refractivity contribution < 1.29 is 8.42 Å². The SMILES string of the molecule is O=S(=O)(c1ccccc1)n1cc(C2CCCC2)c2c(Cl)ncnc21. The van der Waals surface area contributed by atoms with Crippen LogP contribution < -0.4 is 0 Å². The lowest BCUT2D eigenvalue weighted by Crippen LogP contribution is -2.12. The maximum Gasteiger partial charge on any atom is 0.269 e. The molecule has 1 aliphatic carbocycles. The zero-order valence-corrected chi connectivity index (χ0v) is 14.5. The standard InChI is InChI=1S/C17H16ClN3O2S/c18-16-15-14(12-6-4-5-7-12)10-21(17(15)20-11-19-16)24(22,23)13-8-2-1-3-9-13/h1-3,8-12H,4-7H2. The molecule has 2 aromatic heterocycles. The highest BCUT2D eigenvalue weighted by molar-refractivity contribution is 7.90. The Morgan fingerprint density at radius 1 is 1.08 bits per heavy atom. The summed E-state index contributed by atoms with van der Waals surface area (Å²) >= 11 is 6.29. The Hall–Kier alpha value is -1.92. The monoisotopic (exact) mass is 361 g/mol. The summed E-state index contributed by atoms with van der Waals surface area (Å²) in [5.74, 6) is 0.309. The number of hydrogen-bond donors (Lipinski definition) is 0. The summed E-state index contributed by atoms with van der Waals surface area (Å²) in [5.41, 5.74) is 1.29. The number of rotatable bonds is 3. The van der Waals surface area contributed by atoms with Crippen LogP contribution in [-0.2, 0) is 10.0 Å². The quantitative estimate of drug-likeness (QED) is 0.662. The molecular formula is C17H16ClN3O2S. The first-order chi connectivity index (χ1) is 11.6. The second-order valence-corrected chi connectivity index (χ2v) is 8.22. The third kappa shape index (κ3) is 2.41. The number of benzene rings is 1. The van der Waals surface area contributed by atoms with Gasteiger partial charge < -0.3 is 0 Å². The molecular weight excluding hydrogens is 346 g/mol. The Morgan fingerprint density at radius 2 is 1.79 bits per heavy atom. The molecule has 4 rings (SSSR count). The molecule has 1 fully saturated rings. The third-order valence-electron chi connectivity index (χ3n) is 4.63. The van der Waals surface area contributed by atoms with Gasteiger partial charge in [0.05, 0.1) is 10.3 Å². The molecule has 1 saturated carbocycles.